The minimum absolute atomic E-state index is 0.129. The number of Topliss-reactive ketones (excluding diaryl/α,β-unsaturated/α-hetero) is 1. The fourth-order valence-electron chi connectivity index (χ4n) is 3.59. The number of hydrogen-bond donors (Lipinski definition) is 3. The normalized spacial score (nSPS) is 24.2. The van der Waals surface area contributed by atoms with E-state index in [1.807, 2.05) is 0 Å². The zero-order valence-electron chi connectivity index (χ0n) is 15.2. The number of rotatable bonds is 3. The summed E-state index contributed by atoms with van der Waals surface area (Å²) < 4.78 is 41.7. The number of pyridine rings is 2. The minimum atomic E-state index is -5.32. The number of nitrogens with zero attached hydrogens (tertiary/aromatic N) is 2. The van der Waals surface area contributed by atoms with Gasteiger partial charge in [-0.2, -0.15) is 13.2 Å². The van der Waals surface area contributed by atoms with E-state index in [-0.39, 0.29) is 11.1 Å². The number of aliphatic hydroxyl groups is 1. The number of aromatic nitrogens is 2. The monoisotopic (exact) mass is 416 g/mol. The largest absolute Gasteiger partial charge is 0.437 e. The molecule has 154 valence electrons. The minimum Gasteiger partial charge on any atom is -0.363 e. The number of fused-ring (bicyclic) bond motifs is 1. The van der Waals surface area contributed by atoms with E-state index in [4.69, 9.17) is 0 Å². The molecule has 0 aliphatic carbocycles. The maximum atomic E-state index is 13.9. The van der Waals surface area contributed by atoms with Gasteiger partial charge in [0.1, 0.15) is 5.92 Å². The zero-order chi connectivity index (χ0) is 21.5. The van der Waals surface area contributed by atoms with Crippen molar-refractivity contribution in [2.24, 2.45) is 5.92 Å². The molecule has 4 rings (SSSR count). The summed E-state index contributed by atoms with van der Waals surface area (Å²) in [7, 11) is 0. The first-order valence-corrected chi connectivity index (χ1v) is 8.87. The van der Waals surface area contributed by atoms with Gasteiger partial charge in [0.05, 0.1) is 11.6 Å². The number of nitrogens with one attached hydrogen (secondary N) is 2. The SMILES string of the molecule is O=C1N[C@H](c2ccc3ncccc3c2)[C@H](C(=O)c2cccnc2)[C@](O)(C(F)(F)F)N1. The third-order valence-corrected chi connectivity index (χ3v) is 5.02. The van der Waals surface area contributed by atoms with Crippen LogP contribution in [0.15, 0.2) is 61.1 Å². The Morgan fingerprint density at radius 1 is 1.13 bits per heavy atom. The Kier molecular flexibility index (Phi) is 4.65. The van der Waals surface area contributed by atoms with Crippen LogP contribution >= 0.6 is 0 Å². The van der Waals surface area contributed by atoms with E-state index in [9.17, 15) is 27.9 Å². The van der Waals surface area contributed by atoms with Crippen LogP contribution in [0.1, 0.15) is 22.0 Å². The number of benzene rings is 1. The van der Waals surface area contributed by atoms with Gasteiger partial charge in [0.15, 0.2) is 5.78 Å². The highest BCUT2D eigenvalue weighted by Gasteiger charge is 2.66. The molecule has 3 aromatic rings. The molecule has 3 atom stereocenters. The Hall–Kier alpha value is -3.53. The molecule has 10 heteroatoms. The van der Waals surface area contributed by atoms with E-state index in [1.165, 1.54) is 35.8 Å². The second-order valence-corrected chi connectivity index (χ2v) is 6.88. The fourth-order valence-corrected chi connectivity index (χ4v) is 3.59. The number of ketones is 1. The van der Waals surface area contributed by atoms with E-state index < -0.39 is 35.7 Å². The maximum absolute atomic E-state index is 13.9. The third kappa shape index (κ3) is 3.24. The molecule has 1 aliphatic heterocycles. The highest BCUT2D eigenvalue weighted by Crippen LogP contribution is 2.44. The Bertz CT molecular complexity index is 1120. The van der Waals surface area contributed by atoms with Gasteiger partial charge < -0.3 is 15.7 Å². The lowest BCUT2D eigenvalue weighted by Gasteiger charge is -2.45. The summed E-state index contributed by atoms with van der Waals surface area (Å²) in [6.07, 6.45) is -1.28. The smallest absolute Gasteiger partial charge is 0.363 e. The van der Waals surface area contributed by atoms with Gasteiger partial charge >= 0.3 is 12.2 Å². The molecule has 1 fully saturated rings. The van der Waals surface area contributed by atoms with Crippen LogP contribution in [0.5, 0.6) is 0 Å². The molecule has 7 nitrogen and oxygen atoms in total. The molecule has 1 aliphatic rings. The molecule has 30 heavy (non-hydrogen) atoms. The molecule has 0 saturated carbocycles. The Balaban J connectivity index is 1.88. The number of halogens is 3. The van der Waals surface area contributed by atoms with Crippen molar-refractivity contribution >= 4 is 22.7 Å². The molecule has 0 unspecified atom stereocenters. The molecule has 0 spiro atoms. The molecule has 0 radical (unpaired) electrons. The van der Waals surface area contributed by atoms with Gasteiger partial charge in [-0.15, -0.1) is 0 Å². The van der Waals surface area contributed by atoms with Gasteiger partial charge in [-0.3, -0.25) is 14.8 Å². The van der Waals surface area contributed by atoms with E-state index >= 15 is 0 Å². The zero-order valence-corrected chi connectivity index (χ0v) is 15.2. The second-order valence-electron chi connectivity index (χ2n) is 6.88. The van der Waals surface area contributed by atoms with Crippen molar-refractivity contribution in [3.05, 3.63) is 72.2 Å². The van der Waals surface area contributed by atoms with E-state index in [0.29, 0.717) is 10.9 Å². The van der Waals surface area contributed by atoms with Gasteiger partial charge in [-0.05, 0) is 35.9 Å². The number of alkyl halides is 3. The van der Waals surface area contributed by atoms with E-state index in [0.717, 1.165) is 6.20 Å². The lowest BCUT2D eigenvalue weighted by molar-refractivity contribution is -0.287. The van der Waals surface area contributed by atoms with Crippen molar-refractivity contribution in [1.82, 2.24) is 20.6 Å². The van der Waals surface area contributed by atoms with Crippen LogP contribution in [0.25, 0.3) is 10.9 Å². The van der Waals surface area contributed by atoms with Crippen LogP contribution in [0.2, 0.25) is 0 Å². The highest BCUT2D eigenvalue weighted by atomic mass is 19.4. The number of carbonyl (C=O) groups excluding carboxylic acids is 2. The van der Waals surface area contributed by atoms with Crippen LogP contribution in [-0.2, 0) is 0 Å². The van der Waals surface area contributed by atoms with Gasteiger partial charge in [0, 0.05) is 29.5 Å². The van der Waals surface area contributed by atoms with Crippen molar-refractivity contribution in [2.75, 3.05) is 0 Å². The predicted octanol–water partition coefficient (Wildman–Crippen LogP) is 2.73. The number of carbonyl (C=O) groups is 2. The summed E-state index contributed by atoms with van der Waals surface area (Å²) in [6.45, 7) is 0. The Morgan fingerprint density at radius 3 is 2.60 bits per heavy atom. The van der Waals surface area contributed by atoms with Crippen molar-refractivity contribution in [2.45, 2.75) is 17.9 Å². The first kappa shape index (κ1) is 19.8. The van der Waals surface area contributed by atoms with Crippen LogP contribution < -0.4 is 10.6 Å². The summed E-state index contributed by atoms with van der Waals surface area (Å²) in [4.78, 5) is 33.1. The van der Waals surface area contributed by atoms with Gasteiger partial charge in [0.25, 0.3) is 0 Å². The van der Waals surface area contributed by atoms with E-state index in [1.54, 1.807) is 24.4 Å². The van der Waals surface area contributed by atoms with Crippen molar-refractivity contribution < 1.29 is 27.9 Å². The summed E-state index contributed by atoms with van der Waals surface area (Å²) in [5, 5.41) is 15.0. The molecule has 1 aromatic carbocycles. The lowest BCUT2D eigenvalue weighted by Crippen LogP contribution is -2.72. The molecule has 3 heterocycles. The predicted molar refractivity (Wildman–Crippen MR) is 99.2 cm³/mol. The van der Waals surface area contributed by atoms with Crippen LogP contribution in [-0.4, -0.2) is 38.8 Å². The van der Waals surface area contributed by atoms with Gasteiger partial charge in [0.2, 0.25) is 5.72 Å². The first-order valence-electron chi connectivity index (χ1n) is 8.87. The molecule has 0 bridgehead atoms. The van der Waals surface area contributed by atoms with Crippen molar-refractivity contribution in [1.29, 1.82) is 0 Å². The first-order chi connectivity index (χ1) is 14.2. The average Bonchev–Trinajstić information content (AvgIpc) is 2.72. The Morgan fingerprint density at radius 2 is 1.90 bits per heavy atom. The number of hydrogen-bond acceptors (Lipinski definition) is 5. The molecule has 1 saturated heterocycles. The van der Waals surface area contributed by atoms with Crippen LogP contribution in [0.3, 0.4) is 0 Å². The molecular formula is C20H15F3N4O3. The van der Waals surface area contributed by atoms with E-state index in [2.05, 4.69) is 15.3 Å². The van der Waals surface area contributed by atoms with Crippen molar-refractivity contribution in [3.8, 4) is 0 Å². The molecule has 2 aromatic heterocycles. The lowest BCUT2D eigenvalue weighted by atomic mass is 9.77. The molecular weight excluding hydrogens is 401 g/mol. The van der Waals surface area contributed by atoms with Crippen LogP contribution in [0.4, 0.5) is 18.0 Å². The fraction of sp³-hybridized carbons (Fsp3) is 0.200. The molecule has 3 N–H and O–H groups in total. The maximum Gasteiger partial charge on any atom is 0.437 e. The topological polar surface area (TPSA) is 104 Å². The average molecular weight is 416 g/mol. The third-order valence-electron chi connectivity index (χ3n) is 5.02. The molecule has 2 amide bonds. The number of urea groups is 1. The van der Waals surface area contributed by atoms with Gasteiger partial charge in [-0.1, -0.05) is 12.1 Å². The van der Waals surface area contributed by atoms with Crippen LogP contribution in [0, 0.1) is 5.92 Å². The summed E-state index contributed by atoms with van der Waals surface area (Å²) >= 11 is 0. The quantitative estimate of drug-likeness (QED) is 0.570. The standard InChI is InChI=1S/C20H15F3N4O3/c21-20(22,23)19(30)15(17(28)13-4-1-7-24-10-13)16(26-18(29)27-19)12-5-6-14-11(9-12)3-2-8-25-14/h1-10,15-16,30H,(H2,26,27,29)/t15-,16-,19+/m1/s1. The number of amides is 2. The highest BCUT2D eigenvalue weighted by molar-refractivity contribution is 6.00. The second kappa shape index (κ2) is 7.06. The summed E-state index contributed by atoms with van der Waals surface area (Å²) in [6, 6.07) is 7.89. The Labute approximate surface area is 168 Å². The van der Waals surface area contributed by atoms with Gasteiger partial charge in [-0.25, -0.2) is 4.79 Å². The van der Waals surface area contributed by atoms with Crippen molar-refractivity contribution in [3.63, 3.8) is 0 Å². The summed E-state index contributed by atoms with van der Waals surface area (Å²) in [5.74, 6) is -3.12. The summed E-state index contributed by atoms with van der Waals surface area (Å²) in [5.41, 5.74) is -3.11.